The van der Waals surface area contributed by atoms with E-state index in [1.165, 1.54) is 7.11 Å². The van der Waals surface area contributed by atoms with Gasteiger partial charge in [-0.15, -0.1) is 0 Å². The number of halogens is 1. The van der Waals surface area contributed by atoms with Crippen molar-refractivity contribution in [1.82, 2.24) is 5.32 Å². The van der Waals surface area contributed by atoms with Gasteiger partial charge < -0.3 is 15.2 Å². The number of carbonyl (C=O) groups is 2. The Bertz CT molecular complexity index is 432. The molecule has 2 unspecified atom stereocenters. The third kappa shape index (κ3) is 3.82. The lowest BCUT2D eigenvalue weighted by Gasteiger charge is -2.17. The summed E-state index contributed by atoms with van der Waals surface area (Å²) < 4.78 is 5.67. The fourth-order valence-electron chi connectivity index (χ4n) is 1.31. The fourth-order valence-corrected chi connectivity index (χ4v) is 1.57. The smallest absolute Gasteiger partial charge is 0.330 e. The molecule has 98 valence electrons. The van der Waals surface area contributed by atoms with Crippen molar-refractivity contribution in [2.45, 2.75) is 19.1 Å². The number of carbonyl (C=O) groups excluding carboxylic acids is 1. The summed E-state index contributed by atoms with van der Waals surface area (Å²) in [5.41, 5.74) is 0.502. The maximum absolute atomic E-state index is 11.6. The van der Waals surface area contributed by atoms with Crippen LogP contribution in [-0.2, 0) is 14.3 Å². The SMILES string of the molecule is COC(C)C(=O)NC(C(=O)O)c1ccc(Br)cc1. The second kappa shape index (κ2) is 6.51. The maximum atomic E-state index is 11.6. The molecule has 0 saturated heterocycles. The number of hydrogen-bond donors (Lipinski definition) is 2. The van der Waals surface area contributed by atoms with Crippen LogP contribution in [0.5, 0.6) is 0 Å². The summed E-state index contributed by atoms with van der Waals surface area (Å²) in [6.07, 6.45) is -0.692. The van der Waals surface area contributed by atoms with Gasteiger partial charge in [0.05, 0.1) is 0 Å². The number of nitrogens with one attached hydrogen (secondary N) is 1. The summed E-state index contributed by atoms with van der Waals surface area (Å²) in [6, 6.07) is 5.64. The summed E-state index contributed by atoms with van der Waals surface area (Å²) in [4.78, 5) is 22.8. The number of aliphatic carboxylic acids is 1. The molecule has 6 heteroatoms. The van der Waals surface area contributed by atoms with Gasteiger partial charge in [-0.1, -0.05) is 28.1 Å². The Kier molecular flexibility index (Phi) is 5.30. The molecular weight excluding hydrogens is 302 g/mol. The number of rotatable bonds is 5. The van der Waals surface area contributed by atoms with E-state index >= 15 is 0 Å². The highest BCUT2D eigenvalue weighted by atomic mass is 79.9. The van der Waals surface area contributed by atoms with E-state index < -0.39 is 24.0 Å². The van der Waals surface area contributed by atoms with Crippen LogP contribution in [0, 0.1) is 0 Å². The maximum Gasteiger partial charge on any atom is 0.330 e. The molecule has 0 spiro atoms. The molecule has 0 aliphatic rings. The molecule has 1 rings (SSSR count). The van der Waals surface area contributed by atoms with Gasteiger partial charge in [0.25, 0.3) is 0 Å². The second-order valence-electron chi connectivity index (χ2n) is 3.71. The number of benzene rings is 1. The zero-order valence-electron chi connectivity index (χ0n) is 10.0. The molecule has 5 nitrogen and oxygen atoms in total. The van der Waals surface area contributed by atoms with E-state index in [4.69, 9.17) is 9.84 Å². The van der Waals surface area contributed by atoms with Crippen molar-refractivity contribution in [2.24, 2.45) is 0 Å². The predicted octanol–water partition coefficient (Wildman–Crippen LogP) is 1.73. The zero-order valence-corrected chi connectivity index (χ0v) is 11.6. The normalized spacial score (nSPS) is 13.7. The third-order valence-electron chi connectivity index (χ3n) is 2.46. The summed E-state index contributed by atoms with van der Waals surface area (Å²) in [7, 11) is 1.39. The lowest BCUT2D eigenvalue weighted by atomic mass is 10.1. The molecule has 2 N–H and O–H groups in total. The summed E-state index contributed by atoms with van der Waals surface area (Å²) in [6.45, 7) is 1.55. The number of carboxylic acid groups (broad SMARTS) is 1. The molecule has 0 fully saturated rings. The highest BCUT2D eigenvalue weighted by Crippen LogP contribution is 2.17. The molecular formula is C12H14BrNO4. The zero-order chi connectivity index (χ0) is 13.7. The van der Waals surface area contributed by atoms with Gasteiger partial charge in [-0.05, 0) is 24.6 Å². The van der Waals surface area contributed by atoms with Gasteiger partial charge in [0.1, 0.15) is 6.10 Å². The van der Waals surface area contributed by atoms with E-state index in [-0.39, 0.29) is 0 Å². The highest BCUT2D eigenvalue weighted by Gasteiger charge is 2.24. The van der Waals surface area contributed by atoms with Gasteiger partial charge >= 0.3 is 5.97 Å². The Morgan fingerprint density at radius 3 is 2.33 bits per heavy atom. The van der Waals surface area contributed by atoms with Crippen LogP contribution in [0.2, 0.25) is 0 Å². The van der Waals surface area contributed by atoms with Crippen molar-refractivity contribution in [3.05, 3.63) is 34.3 Å². The van der Waals surface area contributed by atoms with E-state index in [1.807, 2.05) is 0 Å². The molecule has 0 aromatic heterocycles. The molecule has 0 saturated carbocycles. The average Bonchev–Trinajstić information content (AvgIpc) is 2.35. The van der Waals surface area contributed by atoms with Gasteiger partial charge in [0.2, 0.25) is 5.91 Å². The average molecular weight is 316 g/mol. The van der Waals surface area contributed by atoms with E-state index in [0.717, 1.165) is 4.47 Å². The van der Waals surface area contributed by atoms with Crippen LogP contribution in [-0.4, -0.2) is 30.2 Å². The Hall–Kier alpha value is -1.40. The second-order valence-corrected chi connectivity index (χ2v) is 4.62. The van der Waals surface area contributed by atoms with E-state index in [1.54, 1.807) is 31.2 Å². The molecule has 0 aliphatic carbocycles. The lowest BCUT2D eigenvalue weighted by molar-refractivity contribution is -0.143. The quantitative estimate of drug-likeness (QED) is 0.867. The molecule has 1 aromatic rings. The van der Waals surface area contributed by atoms with E-state index in [9.17, 15) is 9.59 Å². The highest BCUT2D eigenvalue weighted by molar-refractivity contribution is 9.10. The molecule has 0 heterocycles. The number of hydrogen-bond acceptors (Lipinski definition) is 3. The van der Waals surface area contributed by atoms with Crippen molar-refractivity contribution in [3.8, 4) is 0 Å². The van der Waals surface area contributed by atoms with Crippen LogP contribution in [0.3, 0.4) is 0 Å². The first-order valence-electron chi connectivity index (χ1n) is 5.27. The van der Waals surface area contributed by atoms with Gasteiger partial charge in [-0.2, -0.15) is 0 Å². The number of methoxy groups -OCH3 is 1. The number of ether oxygens (including phenoxy) is 1. The molecule has 0 bridgehead atoms. The van der Waals surface area contributed by atoms with Crippen molar-refractivity contribution in [1.29, 1.82) is 0 Å². The lowest BCUT2D eigenvalue weighted by Crippen LogP contribution is -2.39. The van der Waals surface area contributed by atoms with Gasteiger partial charge in [0, 0.05) is 11.6 Å². The van der Waals surface area contributed by atoms with Crippen molar-refractivity contribution in [2.75, 3.05) is 7.11 Å². The van der Waals surface area contributed by atoms with Crippen molar-refractivity contribution < 1.29 is 19.4 Å². The number of amides is 1. The van der Waals surface area contributed by atoms with Crippen LogP contribution >= 0.6 is 15.9 Å². The summed E-state index contributed by atoms with van der Waals surface area (Å²) >= 11 is 3.26. The predicted molar refractivity (Wildman–Crippen MR) is 69.1 cm³/mol. The van der Waals surface area contributed by atoms with E-state index in [2.05, 4.69) is 21.2 Å². The molecule has 18 heavy (non-hydrogen) atoms. The molecule has 1 amide bonds. The molecule has 1 aromatic carbocycles. The molecule has 0 aliphatic heterocycles. The van der Waals surface area contributed by atoms with Gasteiger partial charge in [-0.3, -0.25) is 4.79 Å². The Morgan fingerprint density at radius 1 is 1.33 bits per heavy atom. The Labute approximate surface area is 113 Å². The van der Waals surface area contributed by atoms with Crippen molar-refractivity contribution in [3.63, 3.8) is 0 Å². The topological polar surface area (TPSA) is 75.6 Å². The first-order valence-corrected chi connectivity index (χ1v) is 6.06. The largest absolute Gasteiger partial charge is 0.479 e. The van der Waals surface area contributed by atoms with Gasteiger partial charge in [0.15, 0.2) is 6.04 Å². The van der Waals surface area contributed by atoms with Crippen LogP contribution in [0.25, 0.3) is 0 Å². The third-order valence-corrected chi connectivity index (χ3v) is 2.99. The van der Waals surface area contributed by atoms with Crippen LogP contribution in [0.15, 0.2) is 28.7 Å². The minimum absolute atomic E-state index is 0.465. The first kappa shape index (κ1) is 14.7. The van der Waals surface area contributed by atoms with E-state index in [0.29, 0.717) is 5.56 Å². The summed E-state index contributed by atoms with van der Waals surface area (Å²) in [5.74, 6) is -1.58. The molecule has 2 atom stereocenters. The number of carboxylic acids is 1. The molecule has 0 radical (unpaired) electrons. The minimum atomic E-state index is -1.12. The first-order chi connectivity index (χ1) is 8.45. The van der Waals surface area contributed by atoms with Crippen LogP contribution < -0.4 is 5.32 Å². The minimum Gasteiger partial charge on any atom is -0.479 e. The monoisotopic (exact) mass is 315 g/mol. The van der Waals surface area contributed by atoms with Gasteiger partial charge in [-0.25, -0.2) is 4.79 Å². The Morgan fingerprint density at radius 2 is 1.89 bits per heavy atom. The van der Waals surface area contributed by atoms with Crippen molar-refractivity contribution >= 4 is 27.8 Å². The van der Waals surface area contributed by atoms with Crippen LogP contribution in [0.4, 0.5) is 0 Å². The summed E-state index contributed by atoms with van der Waals surface area (Å²) in [5, 5.41) is 11.6. The fraction of sp³-hybridized carbons (Fsp3) is 0.333. The standard InChI is InChI=1S/C12H14BrNO4/c1-7(18-2)11(15)14-10(12(16)17)8-3-5-9(13)6-4-8/h3-7,10H,1-2H3,(H,14,15)(H,16,17). The Balaban J connectivity index is 2.87. The van der Waals surface area contributed by atoms with Crippen LogP contribution in [0.1, 0.15) is 18.5 Å².